The van der Waals surface area contributed by atoms with Crippen LogP contribution in [-0.2, 0) is 24.2 Å². The number of nitro groups is 1. The number of anilines is 4. The third-order valence-electron chi connectivity index (χ3n) is 16.6. The van der Waals surface area contributed by atoms with Crippen molar-refractivity contribution < 1.29 is 50.9 Å². The number of ether oxygens (including phenoxy) is 6. The van der Waals surface area contributed by atoms with Crippen LogP contribution in [0.25, 0.3) is 11.0 Å². The molecule has 21 heteroatoms. The van der Waals surface area contributed by atoms with Crippen LogP contribution >= 0.6 is 0 Å². The zero-order valence-corrected chi connectivity index (χ0v) is 42.9. The molecule has 8 heterocycles. The lowest BCUT2D eigenvalue weighted by Gasteiger charge is -2.56. The molecule has 3 aromatic carbocycles. The van der Waals surface area contributed by atoms with E-state index in [1.54, 1.807) is 12.3 Å². The van der Waals surface area contributed by atoms with E-state index in [-0.39, 0.29) is 79.9 Å². The molecule has 3 N–H and O–H groups in total. The molecule has 5 fully saturated rings. The first-order valence-electron chi connectivity index (χ1n) is 26.3. The third kappa shape index (κ3) is 9.37. The summed E-state index contributed by atoms with van der Waals surface area (Å²) in [4.78, 5) is 41.1. The predicted molar refractivity (Wildman–Crippen MR) is 277 cm³/mol. The summed E-state index contributed by atoms with van der Waals surface area (Å²) in [5, 5.41) is 16.3. The number of fused-ring (bicyclic) bond motifs is 4. The average Bonchev–Trinajstić information content (AvgIpc) is 3.72. The van der Waals surface area contributed by atoms with E-state index >= 15 is 4.39 Å². The Morgan fingerprint density at radius 1 is 0.933 bits per heavy atom. The molecule has 1 amide bonds. The second kappa shape index (κ2) is 19.7. The fourth-order valence-corrected chi connectivity index (χ4v) is 13.6. The molecule has 398 valence electrons. The molecule has 6 aliphatic heterocycles. The minimum atomic E-state index is -4.79. The minimum absolute atomic E-state index is 0.0545. The molecule has 4 saturated heterocycles. The van der Waals surface area contributed by atoms with Gasteiger partial charge in [-0.3, -0.25) is 19.8 Å². The highest BCUT2D eigenvalue weighted by Gasteiger charge is 2.50. The Bertz CT molecular complexity index is 3100. The van der Waals surface area contributed by atoms with Crippen LogP contribution < -0.4 is 34.0 Å². The molecule has 5 aromatic rings. The average molecular weight is 1050 g/mol. The molecule has 0 bridgehead atoms. The van der Waals surface area contributed by atoms with Gasteiger partial charge in [0.1, 0.15) is 35.5 Å². The van der Waals surface area contributed by atoms with Crippen LogP contribution in [0.4, 0.5) is 32.8 Å². The summed E-state index contributed by atoms with van der Waals surface area (Å²) in [6.45, 7) is 8.86. The SMILES string of the molecule is CC(C)Oc1ccccc1[C@@H]1COCCCN1C1CC2(CCN(c3ccc(C(=O)NS(=O)(=O)c4cc5c(c([N+](=O)[O-])c4)N[C@@H](C4(F)CCOCC4)CO5)c(N4c5cc6cc[nH]c6nc5O[C@H]5COCC[C@@H]54)c3)CC2)C1. The van der Waals surface area contributed by atoms with Gasteiger partial charge in [-0.05, 0) is 94.2 Å². The molecular weight excluding hydrogens is 988 g/mol. The monoisotopic (exact) mass is 1050 g/mol. The Kier molecular flexibility index (Phi) is 13.0. The van der Waals surface area contributed by atoms with Crippen LogP contribution in [0.1, 0.15) is 87.2 Å². The van der Waals surface area contributed by atoms with Crippen molar-refractivity contribution in [2.24, 2.45) is 5.41 Å². The van der Waals surface area contributed by atoms with Crippen molar-refractivity contribution in [2.45, 2.75) is 112 Å². The van der Waals surface area contributed by atoms with E-state index in [2.05, 4.69) is 56.9 Å². The van der Waals surface area contributed by atoms with Crippen molar-refractivity contribution >= 4 is 55.4 Å². The number of amides is 1. The van der Waals surface area contributed by atoms with Gasteiger partial charge in [-0.2, -0.15) is 4.98 Å². The number of aromatic nitrogens is 2. The highest BCUT2D eigenvalue weighted by atomic mass is 32.2. The maximum absolute atomic E-state index is 16.0. The molecule has 1 aliphatic carbocycles. The maximum Gasteiger partial charge on any atom is 0.297 e. The lowest BCUT2D eigenvalue weighted by atomic mass is 9.59. The molecule has 1 saturated carbocycles. The number of hydrogen-bond donors (Lipinski definition) is 3. The highest BCUT2D eigenvalue weighted by molar-refractivity contribution is 7.90. The number of para-hydroxylation sites is 1. The molecule has 4 atom stereocenters. The molecule has 75 heavy (non-hydrogen) atoms. The molecule has 0 unspecified atom stereocenters. The molecule has 12 rings (SSSR count). The van der Waals surface area contributed by atoms with Crippen LogP contribution in [-0.4, -0.2) is 136 Å². The third-order valence-corrected chi connectivity index (χ3v) is 17.9. The quantitative estimate of drug-likeness (QED) is 0.0846. The van der Waals surface area contributed by atoms with Crippen LogP contribution in [0.15, 0.2) is 77.8 Å². The normalized spacial score (nSPS) is 24.6. The Hall–Kier alpha value is -6.26. The molecule has 19 nitrogen and oxygen atoms in total. The lowest BCUT2D eigenvalue weighted by Crippen LogP contribution is -2.56. The first-order valence-corrected chi connectivity index (χ1v) is 27.8. The first-order chi connectivity index (χ1) is 36.2. The van der Waals surface area contributed by atoms with Gasteiger partial charge in [0, 0.05) is 99.9 Å². The number of aromatic amines is 1. The number of alkyl halides is 1. The number of pyridine rings is 1. The van der Waals surface area contributed by atoms with E-state index < -0.39 is 49.3 Å². The van der Waals surface area contributed by atoms with Crippen molar-refractivity contribution in [2.75, 3.05) is 81.0 Å². The smallest absolute Gasteiger partial charge is 0.297 e. The number of hydrogen-bond acceptors (Lipinski definition) is 16. The van der Waals surface area contributed by atoms with Crippen LogP contribution in [0.2, 0.25) is 0 Å². The van der Waals surface area contributed by atoms with Crippen molar-refractivity contribution in [3.63, 3.8) is 0 Å². The van der Waals surface area contributed by atoms with Crippen molar-refractivity contribution in [3.8, 4) is 17.4 Å². The number of nitrogens with one attached hydrogen (secondary N) is 3. The molecular formula is C54H63FN8O11S. The van der Waals surface area contributed by atoms with Crippen molar-refractivity contribution in [1.29, 1.82) is 0 Å². The van der Waals surface area contributed by atoms with Gasteiger partial charge in [0.25, 0.3) is 21.6 Å². The molecule has 2 aromatic heterocycles. The second-order valence-corrected chi connectivity index (χ2v) is 23.2. The van der Waals surface area contributed by atoms with E-state index in [1.807, 2.05) is 35.2 Å². The van der Waals surface area contributed by atoms with Gasteiger partial charge in [-0.15, -0.1) is 0 Å². The fraction of sp³-hybridized carbons (Fsp3) is 0.519. The second-order valence-electron chi connectivity index (χ2n) is 21.5. The number of piperidine rings is 1. The number of halogens is 1. The Morgan fingerprint density at radius 2 is 1.73 bits per heavy atom. The number of benzene rings is 3. The van der Waals surface area contributed by atoms with Gasteiger partial charge in [-0.1, -0.05) is 18.2 Å². The first kappa shape index (κ1) is 49.6. The highest BCUT2D eigenvalue weighted by Crippen LogP contribution is 2.54. The van der Waals surface area contributed by atoms with Gasteiger partial charge >= 0.3 is 0 Å². The number of carbonyl (C=O) groups excluding carboxylic acids is 1. The molecule has 0 radical (unpaired) electrons. The number of sulfonamides is 1. The number of nitrogens with zero attached hydrogens (tertiary/aromatic N) is 5. The summed E-state index contributed by atoms with van der Waals surface area (Å²) < 4.78 is 83.1. The van der Waals surface area contributed by atoms with Crippen LogP contribution in [0.3, 0.4) is 0 Å². The van der Waals surface area contributed by atoms with E-state index in [0.717, 1.165) is 87.3 Å². The van der Waals surface area contributed by atoms with Crippen LogP contribution in [0, 0.1) is 15.5 Å². The summed E-state index contributed by atoms with van der Waals surface area (Å²) in [5.74, 6) is 0.153. The van der Waals surface area contributed by atoms with Gasteiger partial charge in [0.05, 0.1) is 58.5 Å². The molecule has 1 spiro atoms. The summed E-state index contributed by atoms with van der Waals surface area (Å²) in [6, 6.07) is 18.9. The largest absolute Gasteiger partial charge is 0.491 e. The van der Waals surface area contributed by atoms with E-state index in [4.69, 9.17) is 33.4 Å². The minimum Gasteiger partial charge on any atom is -0.491 e. The number of nitro benzene ring substituents is 1. The fourth-order valence-electron chi connectivity index (χ4n) is 12.6. The number of rotatable bonds is 11. The number of carbonyl (C=O) groups is 1. The summed E-state index contributed by atoms with van der Waals surface area (Å²) in [6.07, 6.45) is 7.16. The maximum atomic E-state index is 16.0. The van der Waals surface area contributed by atoms with Gasteiger partial charge in [0.2, 0.25) is 5.88 Å². The standard InChI is InChI=1S/C54H63FN8O11S/c1-33(2)73-45-7-4-3-6-38(45)44-30-70-20-5-17-61(44)36-28-53(29-36)12-18-60(19-13-53)35-8-9-39(41(25-35)62-40-11-21-71-31-47(40)74-52-43(62)24-34-10-16-56-50(34)58-52)51(64)59-75(67,68)37-26-42(63(65)66)49-46(27-37)72-32-48(57-49)54(55)14-22-69-23-15-54/h3-4,6-10,16,24-27,33,36,40,44,47-48,57H,5,11-15,17-23,28-32H2,1-2H3,(H,56,58)(H,59,64)/t40-,44-,47-,48+/m0/s1. The van der Waals surface area contributed by atoms with Gasteiger partial charge < -0.3 is 48.5 Å². The molecule has 7 aliphatic rings. The topological polar surface area (TPSA) is 212 Å². The van der Waals surface area contributed by atoms with Crippen LogP contribution in [0.5, 0.6) is 17.4 Å². The Morgan fingerprint density at radius 3 is 2.53 bits per heavy atom. The van der Waals surface area contributed by atoms with E-state index in [1.165, 1.54) is 5.56 Å². The van der Waals surface area contributed by atoms with Gasteiger partial charge in [0.15, 0.2) is 11.4 Å². The zero-order chi connectivity index (χ0) is 51.6. The van der Waals surface area contributed by atoms with E-state index in [9.17, 15) is 23.3 Å². The van der Waals surface area contributed by atoms with Crippen molar-refractivity contribution in [3.05, 3.63) is 94.2 Å². The van der Waals surface area contributed by atoms with Gasteiger partial charge in [-0.25, -0.2) is 17.5 Å². The lowest BCUT2D eigenvalue weighted by molar-refractivity contribution is -0.384. The number of H-pyrrole nitrogens is 1. The summed E-state index contributed by atoms with van der Waals surface area (Å²) >= 11 is 0. The zero-order valence-electron chi connectivity index (χ0n) is 42.1. The summed E-state index contributed by atoms with van der Waals surface area (Å²) in [5.41, 5.74) is 1.43. The Balaban J connectivity index is 0.835. The Labute approximate surface area is 434 Å². The summed E-state index contributed by atoms with van der Waals surface area (Å²) in [7, 11) is -4.79. The predicted octanol–water partition coefficient (Wildman–Crippen LogP) is 7.97. The van der Waals surface area contributed by atoms with Crippen molar-refractivity contribution in [1.82, 2.24) is 19.6 Å². The van der Waals surface area contributed by atoms with E-state index in [0.29, 0.717) is 48.6 Å².